The molecule has 4 saturated carbocycles. The van der Waals surface area contributed by atoms with Crippen molar-refractivity contribution in [3.05, 3.63) is 75.0 Å². The van der Waals surface area contributed by atoms with Crippen LogP contribution in [-0.2, 0) is 0 Å². The summed E-state index contributed by atoms with van der Waals surface area (Å²) >= 11 is 9.76. The average molecular weight is 568 g/mol. The number of aromatic nitrogens is 3. The molecule has 0 radical (unpaired) electrons. The van der Waals surface area contributed by atoms with Crippen molar-refractivity contribution in [2.45, 2.75) is 51.0 Å². The van der Waals surface area contributed by atoms with Gasteiger partial charge in [0.05, 0.1) is 16.4 Å². The summed E-state index contributed by atoms with van der Waals surface area (Å²) in [6.07, 6.45) is 16.4. The Kier molecular flexibility index (Phi) is 5.24. The summed E-state index contributed by atoms with van der Waals surface area (Å²) in [4.78, 5) is 17.8. The monoisotopic (exact) mass is 566 g/mol. The predicted molar refractivity (Wildman–Crippen MR) is 141 cm³/mol. The van der Waals surface area contributed by atoms with E-state index in [1.54, 1.807) is 24.4 Å². The fourth-order valence-electron chi connectivity index (χ4n) is 7.62. The molecule has 4 bridgehead atoms. The number of pyridine rings is 1. The zero-order valence-corrected chi connectivity index (χ0v) is 22.5. The number of hydrogen-bond donors (Lipinski definition) is 1. The molecule has 186 valence electrons. The van der Waals surface area contributed by atoms with E-state index in [4.69, 9.17) is 11.6 Å². The molecule has 4 heterocycles. The lowest BCUT2D eigenvalue weighted by Crippen LogP contribution is -2.62. The summed E-state index contributed by atoms with van der Waals surface area (Å²) in [7, 11) is 0. The van der Waals surface area contributed by atoms with Crippen LogP contribution < -0.4 is 5.32 Å². The van der Waals surface area contributed by atoms with Gasteiger partial charge >= 0.3 is 0 Å². The number of hydrazine groups is 1. The standard InChI is InChI=1S/C27H28BrClN6O/c1-16-7-20-4-6-34(27-12-17-8-18(13-27)10-19(9-17)14-27)33(20)15-22(16)31-26(36)23-11-24(28)32-35(23)25-21(29)3-2-5-30-25/h2-5,7,11,15,17-19H,6,8-10,12-14H2,1H3,(H,31,36). The smallest absolute Gasteiger partial charge is 0.274 e. The third-order valence-electron chi connectivity index (χ3n) is 8.69. The lowest BCUT2D eigenvalue weighted by Gasteiger charge is -2.61. The first-order chi connectivity index (χ1) is 17.4. The maximum absolute atomic E-state index is 13.5. The molecule has 4 fully saturated rings. The zero-order valence-electron chi connectivity index (χ0n) is 20.1. The van der Waals surface area contributed by atoms with E-state index in [0.717, 1.165) is 35.6 Å². The second-order valence-corrected chi connectivity index (χ2v) is 12.3. The first kappa shape index (κ1) is 22.8. The van der Waals surface area contributed by atoms with E-state index in [0.29, 0.717) is 21.1 Å². The molecule has 1 N–H and O–H groups in total. The highest BCUT2D eigenvalue weighted by Crippen LogP contribution is 2.58. The molecule has 0 spiro atoms. The van der Waals surface area contributed by atoms with Gasteiger partial charge in [-0.3, -0.25) is 9.80 Å². The van der Waals surface area contributed by atoms with Gasteiger partial charge < -0.3 is 5.32 Å². The highest BCUT2D eigenvalue weighted by molar-refractivity contribution is 9.10. The van der Waals surface area contributed by atoms with Crippen LogP contribution in [-0.4, -0.2) is 42.8 Å². The number of fused-ring (bicyclic) bond motifs is 1. The lowest BCUT2D eigenvalue weighted by atomic mass is 9.52. The van der Waals surface area contributed by atoms with Crippen molar-refractivity contribution in [2.75, 3.05) is 6.54 Å². The van der Waals surface area contributed by atoms with Crippen molar-refractivity contribution in [3.8, 4) is 5.82 Å². The summed E-state index contributed by atoms with van der Waals surface area (Å²) in [5.41, 5.74) is 3.63. The summed E-state index contributed by atoms with van der Waals surface area (Å²) in [5, 5.41) is 12.9. The number of allylic oxidation sites excluding steroid dienone is 2. The van der Waals surface area contributed by atoms with Gasteiger partial charge in [0.25, 0.3) is 5.91 Å². The fraction of sp³-hybridized carbons (Fsp3) is 0.444. The van der Waals surface area contributed by atoms with E-state index in [1.807, 2.05) is 6.92 Å². The van der Waals surface area contributed by atoms with Gasteiger partial charge in [-0.2, -0.15) is 5.10 Å². The fourth-order valence-corrected chi connectivity index (χ4v) is 8.20. The number of halogens is 2. The SMILES string of the molecule is CC1=CC2=CCN(C34CC5CC(CC(C5)C3)C4)N2C=C1NC(=O)c1cc(Br)nn1-c1ncccc1Cl. The first-order valence-corrected chi connectivity index (χ1v) is 13.9. The van der Waals surface area contributed by atoms with Gasteiger partial charge in [0.15, 0.2) is 5.82 Å². The van der Waals surface area contributed by atoms with Crippen molar-refractivity contribution in [3.63, 3.8) is 0 Å². The third-order valence-corrected chi connectivity index (χ3v) is 9.37. The Morgan fingerprint density at radius 1 is 1.19 bits per heavy atom. The van der Waals surface area contributed by atoms with E-state index < -0.39 is 0 Å². The summed E-state index contributed by atoms with van der Waals surface area (Å²) in [6.45, 7) is 2.97. The zero-order chi connectivity index (χ0) is 24.6. The molecule has 36 heavy (non-hydrogen) atoms. The molecule has 2 aromatic rings. The summed E-state index contributed by atoms with van der Waals surface area (Å²) in [5.74, 6) is 2.78. The second-order valence-electron chi connectivity index (χ2n) is 11.1. The van der Waals surface area contributed by atoms with Gasteiger partial charge in [0, 0.05) is 30.5 Å². The Hall–Kier alpha value is -2.42. The molecule has 0 atom stereocenters. The van der Waals surface area contributed by atoms with Crippen LogP contribution in [0.4, 0.5) is 0 Å². The minimum absolute atomic E-state index is 0.247. The number of amides is 1. The first-order valence-electron chi connectivity index (χ1n) is 12.7. The van der Waals surface area contributed by atoms with Gasteiger partial charge in [-0.15, -0.1) is 0 Å². The van der Waals surface area contributed by atoms with E-state index in [1.165, 1.54) is 48.9 Å². The van der Waals surface area contributed by atoms with Gasteiger partial charge in [0.2, 0.25) is 0 Å². The molecule has 2 aromatic heterocycles. The number of hydrogen-bond acceptors (Lipinski definition) is 5. The van der Waals surface area contributed by atoms with Crippen LogP contribution in [0.15, 0.2) is 64.3 Å². The molecule has 1 amide bonds. The molecule has 6 aliphatic rings. The molecule has 0 unspecified atom stereocenters. The van der Waals surface area contributed by atoms with Crippen molar-refractivity contribution in [2.24, 2.45) is 17.8 Å². The molecular formula is C27H28BrClN6O. The van der Waals surface area contributed by atoms with E-state index in [-0.39, 0.29) is 11.4 Å². The average Bonchev–Trinajstić information content (AvgIpc) is 3.42. The third kappa shape index (κ3) is 3.60. The van der Waals surface area contributed by atoms with Crippen LogP contribution in [0, 0.1) is 17.8 Å². The normalized spacial score (nSPS) is 30.7. The quantitative estimate of drug-likeness (QED) is 0.521. The Morgan fingerprint density at radius 3 is 2.61 bits per heavy atom. The number of nitrogens with zero attached hydrogens (tertiary/aromatic N) is 5. The molecule has 9 heteroatoms. The molecule has 0 aromatic carbocycles. The summed E-state index contributed by atoms with van der Waals surface area (Å²) < 4.78 is 2.02. The van der Waals surface area contributed by atoms with E-state index in [2.05, 4.69) is 59.7 Å². The molecular weight excluding hydrogens is 540 g/mol. The number of nitrogens with one attached hydrogen (secondary N) is 1. The highest BCUT2D eigenvalue weighted by Gasteiger charge is 2.55. The van der Waals surface area contributed by atoms with Crippen molar-refractivity contribution < 1.29 is 4.79 Å². The minimum Gasteiger partial charge on any atom is -0.319 e. The van der Waals surface area contributed by atoms with Gasteiger partial charge in [-0.25, -0.2) is 14.7 Å². The molecule has 7 nitrogen and oxygen atoms in total. The van der Waals surface area contributed by atoms with Crippen LogP contribution in [0.1, 0.15) is 55.9 Å². The largest absolute Gasteiger partial charge is 0.319 e. The van der Waals surface area contributed by atoms with E-state index in [9.17, 15) is 4.79 Å². The topological polar surface area (TPSA) is 66.3 Å². The number of carbonyl (C=O) groups excluding carboxylic acids is 1. The molecule has 4 aliphatic carbocycles. The Morgan fingerprint density at radius 2 is 1.92 bits per heavy atom. The van der Waals surface area contributed by atoms with Gasteiger partial charge in [0.1, 0.15) is 10.3 Å². The van der Waals surface area contributed by atoms with Gasteiger partial charge in [-0.1, -0.05) is 11.6 Å². The molecule has 2 aliphatic heterocycles. The highest BCUT2D eigenvalue weighted by atomic mass is 79.9. The van der Waals surface area contributed by atoms with Crippen LogP contribution in [0.3, 0.4) is 0 Å². The maximum Gasteiger partial charge on any atom is 0.274 e. The Labute approximate surface area is 224 Å². The lowest BCUT2D eigenvalue weighted by molar-refractivity contribution is -0.139. The van der Waals surface area contributed by atoms with Crippen molar-refractivity contribution in [1.82, 2.24) is 30.1 Å². The minimum atomic E-state index is -0.262. The van der Waals surface area contributed by atoms with Crippen LogP contribution >= 0.6 is 27.5 Å². The Bertz CT molecular complexity index is 1320. The molecule has 0 saturated heterocycles. The van der Waals surface area contributed by atoms with Crippen LogP contribution in [0.2, 0.25) is 5.02 Å². The van der Waals surface area contributed by atoms with Crippen LogP contribution in [0.5, 0.6) is 0 Å². The Balaban J connectivity index is 1.18. The number of carbonyl (C=O) groups is 1. The van der Waals surface area contributed by atoms with E-state index >= 15 is 0 Å². The second kappa shape index (κ2) is 8.30. The van der Waals surface area contributed by atoms with Crippen LogP contribution in [0.25, 0.3) is 5.82 Å². The summed E-state index contributed by atoms with van der Waals surface area (Å²) in [6, 6.07) is 5.17. The molecule has 8 rings (SSSR count). The predicted octanol–water partition coefficient (Wildman–Crippen LogP) is 5.60. The van der Waals surface area contributed by atoms with Crippen molar-refractivity contribution >= 4 is 33.4 Å². The maximum atomic E-state index is 13.5. The van der Waals surface area contributed by atoms with Gasteiger partial charge in [-0.05, 0) is 109 Å². The number of rotatable bonds is 4. The van der Waals surface area contributed by atoms with Crippen molar-refractivity contribution in [1.29, 1.82) is 0 Å².